The molecular weight excluding hydrogens is 300 g/mol. The van der Waals surface area contributed by atoms with Gasteiger partial charge in [-0.25, -0.2) is 0 Å². The van der Waals surface area contributed by atoms with Crippen molar-refractivity contribution in [3.8, 4) is 0 Å². The highest BCUT2D eigenvalue weighted by Gasteiger charge is 2.27. The molecule has 124 valence electrons. The topological polar surface area (TPSA) is 53.4 Å². The Balaban J connectivity index is 1.57. The molecule has 1 saturated heterocycles. The number of hydrogen-bond acceptors (Lipinski definition) is 2. The molecule has 0 saturated carbocycles. The normalized spacial score (nSPS) is 18.2. The summed E-state index contributed by atoms with van der Waals surface area (Å²) >= 11 is 0. The number of H-pyrrole nitrogens is 1. The maximum atomic E-state index is 12.9. The summed E-state index contributed by atoms with van der Waals surface area (Å²) in [6.07, 6.45) is 6.04. The van der Waals surface area contributed by atoms with Crippen LogP contribution in [0.15, 0.2) is 36.7 Å². The van der Waals surface area contributed by atoms with E-state index in [9.17, 15) is 4.79 Å². The number of rotatable bonds is 2. The minimum atomic E-state index is 0.120. The zero-order valence-electron chi connectivity index (χ0n) is 14.1. The molecule has 4 heterocycles. The first kappa shape index (κ1) is 15.0. The molecule has 1 unspecified atom stereocenters. The number of aryl methyl sites for hydroxylation is 2. The maximum Gasteiger partial charge on any atom is 0.255 e. The van der Waals surface area contributed by atoms with E-state index in [0.29, 0.717) is 5.92 Å². The van der Waals surface area contributed by atoms with Crippen LogP contribution in [-0.2, 0) is 0 Å². The summed E-state index contributed by atoms with van der Waals surface area (Å²) in [7, 11) is 0. The highest BCUT2D eigenvalue weighted by Crippen LogP contribution is 2.27. The molecule has 0 bridgehead atoms. The fourth-order valence-corrected chi connectivity index (χ4v) is 3.64. The minimum absolute atomic E-state index is 0.120. The van der Waals surface area contributed by atoms with Crippen molar-refractivity contribution in [3.63, 3.8) is 0 Å². The lowest BCUT2D eigenvalue weighted by molar-refractivity contribution is 0.0706. The van der Waals surface area contributed by atoms with Gasteiger partial charge in [-0.3, -0.25) is 9.89 Å². The quantitative estimate of drug-likeness (QED) is 0.787. The molecule has 1 aliphatic rings. The van der Waals surface area contributed by atoms with Crippen LogP contribution >= 0.6 is 0 Å². The average molecular weight is 322 g/mol. The van der Waals surface area contributed by atoms with Gasteiger partial charge in [-0.05, 0) is 50.5 Å². The number of likely N-dealkylation sites (tertiary alicyclic amines) is 1. The molecule has 1 fully saturated rings. The number of nitrogens with one attached hydrogen (secondary N) is 1. The molecular formula is C19H22N4O. The first-order valence-corrected chi connectivity index (χ1v) is 8.50. The molecule has 4 rings (SSSR count). The Morgan fingerprint density at radius 3 is 2.96 bits per heavy atom. The van der Waals surface area contributed by atoms with Crippen LogP contribution in [0.2, 0.25) is 0 Å². The molecule has 5 heteroatoms. The van der Waals surface area contributed by atoms with Crippen molar-refractivity contribution >= 4 is 11.4 Å². The molecule has 1 aliphatic heterocycles. The second-order valence-corrected chi connectivity index (χ2v) is 6.78. The second-order valence-electron chi connectivity index (χ2n) is 6.78. The van der Waals surface area contributed by atoms with Crippen LogP contribution in [0, 0.1) is 13.8 Å². The van der Waals surface area contributed by atoms with Gasteiger partial charge in [0.2, 0.25) is 0 Å². The Kier molecular flexibility index (Phi) is 3.63. The Morgan fingerprint density at radius 2 is 2.21 bits per heavy atom. The van der Waals surface area contributed by atoms with Gasteiger partial charge in [0, 0.05) is 42.6 Å². The SMILES string of the molecule is Cc1cc(C2CCCN(C(=O)c3cc4c(C)cccn4c3)C2)n[nH]1. The number of nitrogens with zero attached hydrogens (tertiary/aromatic N) is 3. The van der Waals surface area contributed by atoms with Gasteiger partial charge in [0.25, 0.3) is 5.91 Å². The molecule has 3 aromatic heterocycles. The number of fused-ring (bicyclic) bond motifs is 1. The van der Waals surface area contributed by atoms with Crippen molar-refractivity contribution in [2.75, 3.05) is 13.1 Å². The number of aromatic nitrogens is 3. The number of aromatic amines is 1. The lowest BCUT2D eigenvalue weighted by Gasteiger charge is -2.31. The minimum Gasteiger partial charge on any atom is -0.338 e. The lowest BCUT2D eigenvalue weighted by Crippen LogP contribution is -2.39. The number of carbonyl (C=O) groups excluding carboxylic acids is 1. The standard InChI is InChI=1S/C19H22N4O/c1-13-5-3-7-22-12-16(10-18(13)22)19(24)23-8-4-6-15(11-23)17-9-14(2)20-21-17/h3,5,7,9-10,12,15H,4,6,8,11H2,1-2H3,(H,20,21). The zero-order valence-corrected chi connectivity index (χ0v) is 14.1. The number of pyridine rings is 1. The van der Waals surface area contributed by atoms with Gasteiger partial charge in [0.1, 0.15) is 0 Å². The van der Waals surface area contributed by atoms with Crippen molar-refractivity contribution in [2.45, 2.75) is 32.6 Å². The van der Waals surface area contributed by atoms with Crippen molar-refractivity contribution in [1.82, 2.24) is 19.5 Å². The van der Waals surface area contributed by atoms with Crippen molar-refractivity contribution < 1.29 is 4.79 Å². The first-order chi connectivity index (χ1) is 11.6. The first-order valence-electron chi connectivity index (χ1n) is 8.50. The highest BCUT2D eigenvalue weighted by atomic mass is 16.2. The largest absolute Gasteiger partial charge is 0.338 e. The van der Waals surface area contributed by atoms with Crippen LogP contribution in [0.25, 0.3) is 5.52 Å². The predicted octanol–water partition coefficient (Wildman–Crippen LogP) is 3.30. The maximum absolute atomic E-state index is 12.9. The van der Waals surface area contributed by atoms with Crippen LogP contribution in [0.4, 0.5) is 0 Å². The van der Waals surface area contributed by atoms with Crippen molar-refractivity contribution in [3.05, 3.63) is 59.2 Å². The van der Waals surface area contributed by atoms with Crippen LogP contribution in [0.1, 0.15) is 46.1 Å². The fraction of sp³-hybridized carbons (Fsp3) is 0.368. The summed E-state index contributed by atoms with van der Waals surface area (Å²) in [5.74, 6) is 0.446. The summed E-state index contributed by atoms with van der Waals surface area (Å²) in [6.45, 7) is 5.65. The molecule has 0 aliphatic carbocycles. The molecule has 0 spiro atoms. The summed E-state index contributed by atoms with van der Waals surface area (Å²) in [4.78, 5) is 14.9. The van der Waals surface area contributed by atoms with Gasteiger partial charge in [-0.2, -0.15) is 5.10 Å². The molecule has 0 radical (unpaired) electrons. The van der Waals surface area contributed by atoms with E-state index in [4.69, 9.17) is 0 Å². The lowest BCUT2D eigenvalue weighted by atomic mass is 9.94. The summed E-state index contributed by atoms with van der Waals surface area (Å²) in [6, 6.07) is 8.17. The Morgan fingerprint density at radius 1 is 1.33 bits per heavy atom. The number of carbonyl (C=O) groups is 1. The third-order valence-corrected chi connectivity index (χ3v) is 4.95. The van der Waals surface area contributed by atoms with E-state index in [1.165, 1.54) is 5.56 Å². The third-order valence-electron chi connectivity index (χ3n) is 4.95. The van der Waals surface area contributed by atoms with Gasteiger partial charge in [-0.1, -0.05) is 6.07 Å². The monoisotopic (exact) mass is 322 g/mol. The van der Waals surface area contributed by atoms with Crippen molar-refractivity contribution in [2.24, 2.45) is 0 Å². The van der Waals surface area contributed by atoms with E-state index < -0.39 is 0 Å². The van der Waals surface area contributed by atoms with E-state index >= 15 is 0 Å². The summed E-state index contributed by atoms with van der Waals surface area (Å²) in [5.41, 5.74) is 5.19. The zero-order chi connectivity index (χ0) is 16.7. The Hall–Kier alpha value is -2.56. The van der Waals surface area contributed by atoms with Gasteiger partial charge in [0.05, 0.1) is 11.3 Å². The van der Waals surface area contributed by atoms with Crippen LogP contribution in [-0.4, -0.2) is 38.5 Å². The number of amides is 1. The van der Waals surface area contributed by atoms with Crippen LogP contribution < -0.4 is 0 Å². The Labute approximate surface area is 141 Å². The number of hydrogen-bond donors (Lipinski definition) is 1. The van der Waals surface area contributed by atoms with Gasteiger partial charge in [0.15, 0.2) is 0 Å². The van der Waals surface area contributed by atoms with Crippen LogP contribution in [0.3, 0.4) is 0 Å². The molecule has 5 nitrogen and oxygen atoms in total. The Bertz CT molecular complexity index is 892. The molecule has 1 atom stereocenters. The van der Waals surface area contributed by atoms with Crippen molar-refractivity contribution in [1.29, 1.82) is 0 Å². The van der Waals surface area contributed by atoms with Crippen LogP contribution in [0.5, 0.6) is 0 Å². The smallest absolute Gasteiger partial charge is 0.255 e. The van der Waals surface area contributed by atoms with Gasteiger partial charge in [-0.15, -0.1) is 0 Å². The van der Waals surface area contributed by atoms with E-state index in [0.717, 1.165) is 48.4 Å². The number of piperidine rings is 1. The molecule has 0 aromatic carbocycles. The molecule has 24 heavy (non-hydrogen) atoms. The summed E-state index contributed by atoms with van der Waals surface area (Å²) in [5, 5.41) is 7.39. The van der Waals surface area contributed by atoms with Gasteiger partial charge >= 0.3 is 0 Å². The predicted molar refractivity (Wildman–Crippen MR) is 93.3 cm³/mol. The molecule has 1 N–H and O–H groups in total. The second kappa shape index (κ2) is 5.82. The van der Waals surface area contributed by atoms with E-state index in [-0.39, 0.29) is 5.91 Å². The van der Waals surface area contributed by atoms with E-state index in [2.05, 4.69) is 29.3 Å². The molecule has 3 aromatic rings. The fourth-order valence-electron chi connectivity index (χ4n) is 3.64. The average Bonchev–Trinajstić information content (AvgIpc) is 3.21. The van der Waals surface area contributed by atoms with Gasteiger partial charge < -0.3 is 9.30 Å². The van der Waals surface area contributed by atoms with E-state index in [1.54, 1.807) is 0 Å². The highest BCUT2D eigenvalue weighted by molar-refractivity contribution is 5.96. The molecule has 1 amide bonds. The summed E-state index contributed by atoms with van der Waals surface area (Å²) < 4.78 is 2.03. The third kappa shape index (κ3) is 2.60. The van der Waals surface area contributed by atoms with E-state index in [1.807, 2.05) is 40.8 Å².